The predicted molar refractivity (Wildman–Crippen MR) is 122 cm³/mol. The summed E-state index contributed by atoms with van der Waals surface area (Å²) in [5, 5.41) is 8.48. The molecule has 2 aromatic heterocycles. The Kier molecular flexibility index (Phi) is 6.40. The summed E-state index contributed by atoms with van der Waals surface area (Å²) < 4.78 is 1.43. The number of amides is 1. The van der Waals surface area contributed by atoms with Gasteiger partial charge in [0.1, 0.15) is 5.82 Å². The first-order chi connectivity index (χ1) is 15.2. The highest BCUT2D eigenvalue weighted by molar-refractivity contribution is 6.04. The Morgan fingerprint density at radius 3 is 2.61 bits per heavy atom. The summed E-state index contributed by atoms with van der Waals surface area (Å²) in [7, 11) is 0. The zero-order chi connectivity index (χ0) is 21.6. The Morgan fingerprint density at radius 1 is 1.03 bits per heavy atom. The van der Waals surface area contributed by atoms with Gasteiger partial charge in [-0.15, -0.1) is 0 Å². The van der Waals surface area contributed by atoms with E-state index in [0.29, 0.717) is 29.6 Å². The zero-order valence-corrected chi connectivity index (χ0v) is 17.7. The molecule has 0 bridgehead atoms. The number of aryl methyl sites for hydroxylation is 2. The van der Waals surface area contributed by atoms with E-state index in [1.54, 1.807) is 12.1 Å². The lowest BCUT2D eigenvalue weighted by Crippen LogP contribution is -2.31. The molecule has 0 saturated carbocycles. The molecule has 7 heteroatoms. The molecule has 7 nitrogen and oxygen atoms in total. The lowest BCUT2D eigenvalue weighted by molar-refractivity contribution is 0.0947. The maximum atomic E-state index is 12.9. The van der Waals surface area contributed by atoms with Gasteiger partial charge in [0, 0.05) is 24.9 Å². The molecule has 1 amide bonds. The SMILES string of the molecule is CCCCCn1nc(C(=O)NCCCc2nc3ccccc3[nH]2)c2ccccc2c1=O. The fourth-order valence-corrected chi connectivity index (χ4v) is 3.73. The highest BCUT2D eigenvalue weighted by atomic mass is 16.2. The molecule has 0 aliphatic heterocycles. The molecular weight excluding hydrogens is 390 g/mol. The van der Waals surface area contributed by atoms with Crippen LogP contribution in [0.1, 0.15) is 48.9 Å². The number of unbranched alkanes of at least 4 members (excludes halogenated alkanes) is 2. The summed E-state index contributed by atoms with van der Waals surface area (Å²) in [6, 6.07) is 15.1. The maximum Gasteiger partial charge on any atom is 0.274 e. The molecule has 0 fully saturated rings. The molecule has 160 valence electrons. The monoisotopic (exact) mass is 417 g/mol. The van der Waals surface area contributed by atoms with Crippen LogP contribution in [-0.4, -0.2) is 32.2 Å². The number of rotatable bonds is 9. The molecule has 4 aromatic rings. The number of hydrogen-bond donors (Lipinski definition) is 2. The number of para-hydroxylation sites is 2. The van der Waals surface area contributed by atoms with Gasteiger partial charge in [0.25, 0.3) is 11.5 Å². The second-order valence-electron chi connectivity index (χ2n) is 7.69. The van der Waals surface area contributed by atoms with Crippen LogP contribution in [0.15, 0.2) is 53.3 Å². The van der Waals surface area contributed by atoms with Crippen molar-refractivity contribution in [2.75, 3.05) is 6.54 Å². The molecule has 0 radical (unpaired) electrons. The fourth-order valence-electron chi connectivity index (χ4n) is 3.73. The largest absolute Gasteiger partial charge is 0.351 e. The molecular formula is C24H27N5O2. The van der Waals surface area contributed by atoms with E-state index >= 15 is 0 Å². The number of nitrogens with zero attached hydrogens (tertiary/aromatic N) is 3. The Labute approximate surface area is 180 Å². The van der Waals surface area contributed by atoms with Gasteiger partial charge in [-0.3, -0.25) is 9.59 Å². The van der Waals surface area contributed by atoms with E-state index in [-0.39, 0.29) is 11.5 Å². The lowest BCUT2D eigenvalue weighted by atomic mass is 10.1. The number of benzene rings is 2. The first kappa shape index (κ1) is 20.8. The molecule has 2 aromatic carbocycles. The van der Waals surface area contributed by atoms with Gasteiger partial charge in [0.2, 0.25) is 0 Å². The number of carbonyl (C=O) groups is 1. The van der Waals surface area contributed by atoms with E-state index in [1.807, 2.05) is 36.4 Å². The highest BCUT2D eigenvalue weighted by Gasteiger charge is 2.16. The third-order valence-electron chi connectivity index (χ3n) is 5.37. The maximum absolute atomic E-state index is 12.9. The smallest absolute Gasteiger partial charge is 0.274 e. The number of aromatic nitrogens is 4. The van der Waals surface area contributed by atoms with Crippen LogP contribution in [0, 0.1) is 0 Å². The Bertz CT molecular complexity index is 1220. The van der Waals surface area contributed by atoms with Crippen molar-refractivity contribution >= 4 is 27.7 Å². The van der Waals surface area contributed by atoms with E-state index in [0.717, 1.165) is 49.0 Å². The van der Waals surface area contributed by atoms with Crippen LogP contribution in [0.2, 0.25) is 0 Å². The molecule has 2 heterocycles. The van der Waals surface area contributed by atoms with Crippen LogP contribution in [0.5, 0.6) is 0 Å². The summed E-state index contributed by atoms with van der Waals surface area (Å²) in [6.07, 6.45) is 4.42. The van der Waals surface area contributed by atoms with Gasteiger partial charge in [-0.25, -0.2) is 9.67 Å². The first-order valence-corrected chi connectivity index (χ1v) is 10.9. The summed E-state index contributed by atoms with van der Waals surface area (Å²) >= 11 is 0. The summed E-state index contributed by atoms with van der Waals surface area (Å²) in [4.78, 5) is 33.5. The molecule has 0 saturated heterocycles. The molecule has 0 spiro atoms. The predicted octanol–water partition coefficient (Wildman–Crippen LogP) is 3.83. The van der Waals surface area contributed by atoms with Crippen LogP contribution < -0.4 is 10.9 Å². The molecule has 0 atom stereocenters. The molecule has 0 aliphatic rings. The van der Waals surface area contributed by atoms with Crippen LogP contribution in [0.4, 0.5) is 0 Å². The molecule has 0 unspecified atom stereocenters. The van der Waals surface area contributed by atoms with Gasteiger partial charge in [0.05, 0.1) is 16.4 Å². The van der Waals surface area contributed by atoms with Crippen molar-refractivity contribution in [2.45, 2.75) is 45.6 Å². The number of nitrogens with one attached hydrogen (secondary N) is 2. The van der Waals surface area contributed by atoms with E-state index in [9.17, 15) is 9.59 Å². The fraction of sp³-hybridized carbons (Fsp3) is 0.333. The molecule has 31 heavy (non-hydrogen) atoms. The van der Waals surface area contributed by atoms with E-state index in [2.05, 4.69) is 27.3 Å². The number of imidazole rings is 1. The van der Waals surface area contributed by atoms with Gasteiger partial charge in [-0.1, -0.05) is 50.1 Å². The van der Waals surface area contributed by atoms with Crippen LogP contribution in [0.25, 0.3) is 21.8 Å². The Hall–Kier alpha value is -3.48. The van der Waals surface area contributed by atoms with Crippen molar-refractivity contribution in [1.29, 1.82) is 0 Å². The van der Waals surface area contributed by atoms with Crippen LogP contribution in [-0.2, 0) is 13.0 Å². The average Bonchev–Trinajstić information content (AvgIpc) is 3.21. The number of H-pyrrole nitrogens is 1. The van der Waals surface area contributed by atoms with Crippen molar-refractivity contribution in [1.82, 2.24) is 25.1 Å². The summed E-state index contributed by atoms with van der Waals surface area (Å²) in [5.74, 6) is 0.647. The Balaban J connectivity index is 1.45. The van der Waals surface area contributed by atoms with Crippen molar-refractivity contribution in [3.8, 4) is 0 Å². The van der Waals surface area contributed by atoms with Crippen LogP contribution in [0.3, 0.4) is 0 Å². The van der Waals surface area contributed by atoms with Gasteiger partial charge in [-0.2, -0.15) is 5.10 Å². The van der Waals surface area contributed by atoms with Crippen molar-refractivity contribution in [3.63, 3.8) is 0 Å². The van der Waals surface area contributed by atoms with Gasteiger partial charge in [0.15, 0.2) is 5.69 Å². The highest BCUT2D eigenvalue weighted by Crippen LogP contribution is 2.14. The van der Waals surface area contributed by atoms with Crippen molar-refractivity contribution in [2.24, 2.45) is 0 Å². The minimum atomic E-state index is -0.259. The summed E-state index contributed by atoms with van der Waals surface area (Å²) in [6.45, 7) is 3.13. The number of hydrogen-bond acceptors (Lipinski definition) is 4. The topological polar surface area (TPSA) is 92.7 Å². The minimum absolute atomic E-state index is 0.145. The number of fused-ring (bicyclic) bond motifs is 2. The third-order valence-corrected chi connectivity index (χ3v) is 5.37. The van der Waals surface area contributed by atoms with Crippen molar-refractivity contribution < 1.29 is 4.79 Å². The summed E-state index contributed by atoms with van der Waals surface area (Å²) in [5.41, 5.74) is 2.12. The molecule has 4 rings (SSSR count). The van der Waals surface area contributed by atoms with Gasteiger partial charge >= 0.3 is 0 Å². The molecule has 2 N–H and O–H groups in total. The van der Waals surface area contributed by atoms with Crippen molar-refractivity contribution in [3.05, 3.63) is 70.4 Å². The average molecular weight is 418 g/mol. The second kappa shape index (κ2) is 9.55. The second-order valence-corrected chi connectivity index (χ2v) is 7.69. The van der Waals surface area contributed by atoms with E-state index in [4.69, 9.17) is 0 Å². The standard InChI is InChI=1S/C24H27N5O2/c1-2-3-8-16-29-24(31)18-11-5-4-10-17(18)22(28-29)23(30)25-15-9-14-21-26-19-12-6-7-13-20(19)27-21/h4-7,10-13H,2-3,8-9,14-16H2,1H3,(H,25,30)(H,26,27). The zero-order valence-electron chi connectivity index (χ0n) is 17.7. The Morgan fingerprint density at radius 2 is 1.81 bits per heavy atom. The third kappa shape index (κ3) is 4.66. The van der Waals surface area contributed by atoms with Gasteiger partial charge in [-0.05, 0) is 31.0 Å². The molecule has 0 aliphatic carbocycles. The van der Waals surface area contributed by atoms with E-state index < -0.39 is 0 Å². The van der Waals surface area contributed by atoms with E-state index in [1.165, 1.54) is 4.68 Å². The first-order valence-electron chi connectivity index (χ1n) is 10.9. The number of aromatic amines is 1. The lowest BCUT2D eigenvalue weighted by Gasteiger charge is -2.11. The van der Waals surface area contributed by atoms with Crippen LogP contribution >= 0.6 is 0 Å². The normalized spacial score (nSPS) is 11.3. The van der Waals surface area contributed by atoms with Gasteiger partial charge < -0.3 is 10.3 Å². The minimum Gasteiger partial charge on any atom is -0.351 e. The quantitative estimate of drug-likeness (QED) is 0.405. The number of carbonyl (C=O) groups excluding carboxylic acids is 1.